The van der Waals surface area contributed by atoms with Gasteiger partial charge in [0.25, 0.3) is 5.69 Å². The number of esters is 1. The largest absolute Gasteiger partial charge is 0.497 e. The van der Waals surface area contributed by atoms with Gasteiger partial charge in [0.1, 0.15) is 29.6 Å². The highest BCUT2D eigenvalue weighted by Crippen LogP contribution is 2.25. The number of aromatic nitrogens is 1. The van der Waals surface area contributed by atoms with Crippen LogP contribution in [-0.4, -0.2) is 34.7 Å². The first kappa shape index (κ1) is 30.3. The van der Waals surface area contributed by atoms with Crippen LogP contribution in [0, 0.1) is 24.0 Å². The molecule has 45 heavy (non-hydrogen) atoms. The number of rotatable bonds is 11. The van der Waals surface area contributed by atoms with Gasteiger partial charge in [-0.25, -0.2) is 10.2 Å². The van der Waals surface area contributed by atoms with E-state index in [-0.39, 0.29) is 34.9 Å². The molecule has 0 aliphatic heterocycles. The van der Waals surface area contributed by atoms with Crippen LogP contribution in [0.5, 0.6) is 17.2 Å². The fraction of sp³-hybridized carbons (Fsp3) is 0.121. The fourth-order valence-electron chi connectivity index (χ4n) is 4.44. The highest BCUT2D eigenvalue weighted by molar-refractivity contribution is 5.95. The Morgan fingerprint density at radius 3 is 2.29 bits per heavy atom. The molecule has 0 saturated heterocycles. The SMILES string of the molecule is COc1ccc(C(=O)Oc2ccc([N+](=O)[O-])cc2/C=N/NC(=O)c2ccc(COc3ccc(-n4c(C)ccc4C)cc3)o2)cc1. The summed E-state index contributed by atoms with van der Waals surface area (Å²) in [6.45, 7) is 4.18. The summed E-state index contributed by atoms with van der Waals surface area (Å²) >= 11 is 0. The van der Waals surface area contributed by atoms with Gasteiger partial charge in [-0.2, -0.15) is 5.10 Å². The number of hydrogen-bond acceptors (Lipinski definition) is 9. The van der Waals surface area contributed by atoms with E-state index in [4.69, 9.17) is 18.6 Å². The first-order chi connectivity index (χ1) is 21.7. The van der Waals surface area contributed by atoms with E-state index in [0.29, 0.717) is 17.3 Å². The maximum absolute atomic E-state index is 12.7. The first-order valence-electron chi connectivity index (χ1n) is 13.7. The maximum Gasteiger partial charge on any atom is 0.343 e. The first-order valence-corrected chi connectivity index (χ1v) is 13.7. The predicted octanol–water partition coefficient (Wildman–Crippen LogP) is 6.17. The quantitative estimate of drug-likeness (QED) is 0.0616. The zero-order valence-corrected chi connectivity index (χ0v) is 24.6. The Morgan fingerprint density at radius 2 is 1.62 bits per heavy atom. The summed E-state index contributed by atoms with van der Waals surface area (Å²) in [7, 11) is 1.50. The van der Waals surface area contributed by atoms with E-state index >= 15 is 0 Å². The summed E-state index contributed by atoms with van der Waals surface area (Å²) in [6.07, 6.45) is 1.13. The van der Waals surface area contributed by atoms with Gasteiger partial charge in [-0.15, -0.1) is 0 Å². The van der Waals surface area contributed by atoms with E-state index in [9.17, 15) is 19.7 Å². The monoisotopic (exact) mass is 608 g/mol. The van der Waals surface area contributed by atoms with Gasteiger partial charge in [-0.1, -0.05) is 0 Å². The number of nitro benzene ring substituents is 1. The van der Waals surface area contributed by atoms with Crippen LogP contribution in [0.2, 0.25) is 0 Å². The third-order valence-corrected chi connectivity index (χ3v) is 6.73. The molecule has 2 heterocycles. The lowest BCUT2D eigenvalue weighted by atomic mass is 10.2. The minimum Gasteiger partial charge on any atom is -0.497 e. The number of furan rings is 1. The average molecular weight is 609 g/mol. The summed E-state index contributed by atoms with van der Waals surface area (Å²) in [4.78, 5) is 36.0. The Labute approximate surface area is 257 Å². The second-order valence-corrected chi connectivity index (χ2v) is 9.80. The van der Waals surface area contributed by atoms with Gasteiger partial charge < -0.3 is 23.2 Å². The number of carbonyl (C=O) groups is 2. The van der Waals surface area contributed by atoms with Crippen molar-refractivity contribution in [3.63, 3.8) is 0 Å². The fourth-order valence-corrected chi connectivity index (χ4v) is 4.44. The minimum absolute atomic E-state index is 0.00325. The molecule has 0 bridgehead atoms. The third kappa shape index (κ3) is 7.25. The molecular weight excluding hydrogens is 580 g/mol. The molecule has 0 radical (unpaired) electrons. The molecule has 12 heteroatoms. The van der Waals surface area contributed by atoms with Crippen LogP contribution in [0.1, 0.15) is 43.6 Å². The van der Waals surface area contributed by atoms with E-state index in [1.165, 1.54) is 43.5 Å². The van der Waals surface area contributed by atoms with Crippen molar-refractivity contribution in [2.24, 2.45) is 5.10 Å². The van der Waals surface area contributed by atoms with Crippen molar-refractivity contribution < 1.29 is 33.1 Å². The van der Waals surface area contributed by atoms with Crippen LogP contribution < -0.4 is 19.6 Å². The highest BCUT2D eigenvalue weighted by Gasteiger charge is 2.16. The van der Waals surface area contributed by atoms with Crippen LogP contribution >= 0.6 is 0 Å². The van der Waals surface area contributed by atoms with Crippen LogP contribution in [-0.2, 0) is 6.61 Å². The lowest BCUT2D eigenvalue weighted by Gasteiger charge is -2.10. The topological polar surface area (TPSA) is 147 Å². The van der Waals surface area contributed by atoms with Gasteiger partial charge in [-0.05, 0) is 92.7 Å². The van der Waals surface area contributed by atoms with Crippen molar-refractivity contribution in [3.8, 4) is 22.9 Å². The Morgan fingerprint density at radius 1 is 0.933 bits per heavy atom. The molecule has 0 fully saturated rings. The van der Waals surface area contributed by atoms with Crippen LogP contribution in [0.4, 0.5) is 5.69 Å². The molecule has 0 atom stereocenters. The summed E-state index contributed by atoms with van der Waals surface area (Å²) in [5.74, 6) is 0.225. The van der Waals surface area contributed by atoms with E-state index < -0.39 is 16.8 Å². The summed E-state index contributed by atoms with van der Waals surface area (Å²) in [5.41, 5.74) is 5.66. The number of non-ortho nitro benzene ring substituents is 1. The van der Waals surface area contributed by atoms with Crippen molar-refractivity contribution >= 4 is 23.8 Å². The molecule has 0 aliphatic rings. The van der Waals surface area contributed by atoms with Gasteiger partial charge in [0, 0.05) is 34.8 Å². The van der Waals surface area contributed by atoms with Crippen molar-refractivity contribution in [2.45, 2.75) is 20.5 Å². The van der Waals surface area contributed by atoms with E-state index in [2.05, 4.69) is 27.2 Å². The van der Waals surface area contributed by atoms with E-state index in [0.717, 1.165) is 23.3 Å². The molecular formula is C33H28N4O8. The van der Waals surface area contributed by atoms with Crippen molar-refractivity contribution in [3.05, 3.63) is 135 Å². The van der Waals surface area contributed by atoms with Gasteiger partial charge in [0.15, 0.2) is 5.76 Å². The third-order valence-electron chi connectivity index (χ3n) is 6.73. The molecule has 1 N–H and O–H groups in total. The second kappa shape index (κ2) is 13.4. The highest BCUT2D eigenvalue weighted by atomic mass is 16.6. The molecule has 1 amide bonds. The molecule has 0 aliphatic carbocycles. The van der Waals surface area contributed by atoms with E-state index in [1.54, 1.807) is 18.2 Å². The maximum atomic E-state index is 12.7. The van der Waals surface area contributed by atoms with Crippen LogP contribution in [0.3, 0.4) is 0 Å². The molecule has 0 unspecified atom stereocenters. The molecule has 5 rings (SSSR count). The molecule has 0 saturated carbocycles. The van der Waals surface area contributed by atoms with Crippen molar-refractivity contribution in [1.82, 2.24) is 9.99 Å². The van der Waals surface area contributed by atoms with Crippen LogP contribution in [0.15, 0.2) is 101 Å². The number of nitro groups is 1. The molecule has 12 nitrogen and oxygen atoms in total. The number of nitrogens with zero attached hydrogens (tertiary/aromatic N) is 3. The molecule has 3 aromatic carbocycles. The number of aryl methyl sites for hydroxylation is 2. The van der Waals surface area contributed by atoms with Gasteiger partial charge in [0.2, 0.25) is 0 Å². The Balaban J connectivity index is 1.20. The average Bonchev–Trinajstić information content (AvgIpc) is 3.66. The summed E-state index contributed by atoms with van der Waals surface area (Å²) in [6, 6.07) is 24.7. The Hall–Kier alpha value is -6.17. The van der Waals surface area contributed by atoms with Crippen LogP contribution in [0.25, 0.3) is 5.69 Å². The van der Waals surface area contributed by atoms with Gasteiger partial charge in [-0.3, -0.25) is 14.9 Å². The number of amides is 1. The smallest absolute Gasteiger partial charge is 0.343 e. The Kier molecular flexibility index (Phi) is 9.04. The lowest BCUT2D eigenvalue weighted by molar-refractivity contribution is -0.384. The standard InChI is InChI=1S/C33H28N4O8/c1-21-4-5-22(2)36(21)25-8-13-28(14-9-25)43-20-29-15-17-31(44-29)32(38)35-34-19-24-18-26(37(40)41)10-16-30(24)45-33(39)23-6-11-27(42-3)12-7-23/h4-19H,20H2,1-3H3,(H,35,38)/b34-19+. The predicted molar refractivity (Wildman–Crippen MR) is 164 cm³/mol. The Bertz CT molecular complexity index is 1850. The number of ether oxygens (including phenoxy) is 3. The number of benzene rings is 3. The molecule has 228 valence electrons. The number of hydrazone groups is 1. The zero-order valence-electron chi connectivity index (χ0n) is 24.6. The van der Waals surface area contributed by atoms with Crippen molar-refractivity contribution in [1.29, 1.82) is 0 Å². The van der Waals surface area contributed by atoms with Gasteiger partial charge >= 0.3 is 11.9 Å². The van der Waals surface area contributed by atoms with E-state index in [1.807, 2.05) is 38.1 Å². The lowest BCUT2D eigenvalue weighted by Crippen LogP contribution is -2.17. The summed E-state index contributed by atoms with van der Waals surface area (Å²) < 4.78 is 24.1. The summed E-state index contributed by atoms with van der Waals surface area (Å²) in [5, 5.41) is 15.2. The van der Waals surface area contributed by atoms with Crippen molar-refractivity contribution in [2.75, 3.05) is 7.11 Å². The normalized spacial score (nSPS) is 10.9. The number of methoxy groups -OCH3 is 1. The number of hydrogen-bond donors (Lipinski definition) is 1. The molecule has 5 aromatic rings. The molecule has 2 aromatic heterocycles. The number of carbonyl (C=O) groups excluding carboxylic acids is 2. The zero-order chi connectivity index (χ0) is 31.9. The second-order valence-electron chi connectivity index (χ2n) is 9.80. The van der Waals surface area contributed by atoms with Gasteiger partial charge in [0.05, 0.1) is 23.8 Å². The minimum atomic E-state index is -0.697. The number of nitrogens with one attached hydrogen (secondary N) is 1. The molecule has 0 spiro atoms.